The number of carbonyl (C=O) groups is 2. The summed E-state index contributed by atoms with van der Waals surface area (Å²) in [6, 6.07) is 13.0. The van der Waals surface area contributed by atoms with Gasteiger partial charge in [0.15, 0.2) is 6.10 Å². The monoisotopic (exact) mass is 431 g/mol. The van der Waals surface area contributed by atoms with Crippen molar-refractivity contribution in [3.8, 4) is 5.75 Å². The van der Waals surface area contributed by atoms with Gasteiger partial charge in [0.05, 0.1) is 4.90 Å². The van der Waals surface area contributed by atoms with Crippen molar-refractivity contribution in [2.75, 3.05) is 13.1 Å². The number of nitrogens with zero attached hydrogens (tertiary/aromatic N) is 1. The number of hydrogen-bond donors (Lipinski definition) is 2. The fourth-order valence-electron chi connectivity index (χ4n) is 3.04. The smallest absolute Gasteiger partial charge is 0.279 e. The van der Waals surface area contributed by atoms with Crippen LogP contribution >= 0.6 is 0 Å². The first-order chi connectivity index (χ1) is 14.3. The Labute approximate surface area is 176 Å². The molecule has 1 heterocycles. The van der Waals surface area contributed by atoms with E-state index in [0.29, 0.717) is 18.8 Å². The highest BCUT2D eigenvalue weighted by atomic mass is 32.2. The molecule has 2 N–H and O–H groups in total. The van der Waals surface area contributed by atoms with Crippen molar-refractivity contribution in [1.29, 1.82) is 0 Å². The van der Waals surface area contributed by atoms with Crippen molar-refractivity contribution in [2.45, 2.75) is 37.7 Å². The summed E-state index contributed by atoms with van der Waals surface area (Å²) in [5, 5.41) is 0. The van der Waals surface area contributed by atoms with Gasteiger partial charge in [-0.3, -0.25) is 20.4 Å². The van der Waals surface area contributed by atoms with E-state index in [1.54, 1.807) is 19.1 Å². The number of ether oxygens (including phenoxy) is 1. The third-order valence-electron chi connectivity index (χ3n) is 4.80. The minimum Gasteiger partial charge on any atom is -0.481 e. The lowest BCUT2D eigenvalue weighted by molar-refractivity contribution is -0.128. The number of carbonyl (C=O) groups excluding carboxylic acids is 2. The third kappa shape index (κ3) is 5.17. The first-order valence-electron chi connectivity index (χ1n) is 9.71. The molecule has 1 saturated heterocycles. The number of aryl methyl sites for hydroxylation is 1. The molecule has 30 heavy (non-hydrogen) atoms. The summed E-state index contributed by atoms with van der Waals surface area (Å²) in [5.41, 5.74) is 5.80. The zero-order valence-electron chi connectivity index (χ0n) is 16.9. The minimum atomic E-state index is -3.63. The highest BCUT2D eigenvalue weighted by molar-refractivity contribution is 7.89. The summed E-state index contributed by atoms with van der Waals surface area (Å²) in [6.45, 7) is 4.47. The average Bonchev–Trinajstić information content (AvgIpc) is 3.29. The molecular formula is C21H25N3O5S. The summed E-state index contributed by atoms with van der Waals surface area (Å²) >= 11 is 0. The molecule has 0 aliphatic carbocycles. The lowest BCUT2D eigenvalue weighted by Gasteiger charge is -2.17. The van der Waals surface area contributed by atoms with Crippen LogP contribution in [0.25, 0.3) is 0 Å². The van der Waals surface area contributed by atoms with Gasteiger partial charge >= 0.3 is 0 Å². The topological polar surface area (TPSA) is 105 Å². The van der Waals surface area contributed by atoms with Crippen LogP contribution in [-0.2, 0) is 14.8 Å². The van der Waals surface area contributed by atoms with Crippen LogP contribution in [0.3, 0.4) is 0 Å². The fraction of sp³-hybridized carbons (Fsp3) is 0.333. The molecule has 1 atom stereocenters. The molecule has 0 spiro atoms. The summed E-state index contributed by atoms with van der Waals surface area (Å²) in [7, 11) is -3.63. The molecule has 1 aliphatic rings. The molecule has 2 aromatic carbocycles. The fourth-order valence-corrected chi connectivity index (χ4v) is 4.61. The zero-order chi connectivity index (χ0) is 21.7. The van der Waals surface area contributed by atoms with Crippen LogP contribution in [0.2, 0.25) is 0 Å². The largest absolute Gasteiger partial charge is 0.481 e. The molecule has 160 valence electrons. The van der Waals surface area contributed by atoms with Crippen LogP contribution in [0.4, 0.5) is 0 Å². The van der Waals surface area contributed by atoms with Gasteiger partial charge in [0.2, 0.25) is 10.0 Å². The SMILES string of the molecule is Cc1ccc(OC(C)C(=O)NNC(=O)c2cccc(S(=O)(=O)N3CCCC3)c2)cc1. The van der Waals surface area contributed by atoms with Crippen LogP contribution in [0.1, 0.15) is 35.7 Å². The van der Waals surface area contributed by atoms with Gasteiger partial charge in [-0.05, 0) is 57.0 Å². The molecule has 1 aliphatic heterocycles. The lowest BCUT2D eigenvalue weighted by atomic mass is 10.2. The van der Waals surface area contributed by atoms with Gasteiger partial charge in [-0.1, -0.05) is 23.8 Å². The van der Waals surface area contributed by atoms with Gasteiger partial charge in [-0.2, -0.15) is 4.31 Å². The van der Waals surface area contributed by atoms with Gasteiger partial charge in [0.1, 0.15) is 5.75 Å². The summed E-state index contributed by atoms with van der Waals surface area (Å²) < 4.78 is 32.3. The average molecular weight is 432 g/mol. The normalized spacial score (nSPS) is 15.4. The van der Waals surface area contributed by atoms with Crippen molar-refractivity contribution in [1.82, 2.24) is 15.2 Å². The number of hydrogen-bond acceptors (Lipinski definition) is 5. The van der Waals surface area contributed by atoms with Gasteiger partial charge in [-0.15, -0.1) is 0 Å². The van der Waals surface area contributed by atoms with E-state index in [1.165, 1.54) is 28.6 Å². The van der Waals surface area contributed by atoms with Crippen LogP contribution in [0.5, 0.6) is 5.75 Å². The number of benzene rings is 2. The van der Waals surface area contributed by atoms with Gasteiger partial charge in [-0.25, -0.2) is 8.42 Å². The summed E-state index contributed by atoms with van der Waals surface area (Å²) in [6.07, 6.45) is 0.817. The van der Waals surface area contributed by atoms with Crippen molar-refractivity contribution in [3.05, 3.63) is 59.7 Å². The highest BCUT2D eigenvalue weighted by Gasteiger charge is 2.27. The molecule has 2 amide bonds. The van der Waals surface area contributed by atoms with Crippen LogP contribution in [-0.4, -0.2) is 43.7 Å². The summed E-state index contributed by atoms with van der Waals surface area (Å²) in [4.78, 5) is 24.6. The van der Waals surface area contributed by atoms with Crippen LogP contribution in [0.15, 0.2) is 53.4 Å². The first-order valence-corrected chi connectivity index (χ1v) is 11.1. The number of rotatable bonds is 6. The number of nitrogens with one attached hydrogen (secondary N) is 2. The Kier molecular flexibility index (Phi) is 6.73. The molecule has 3 rings (SSSR count). The zero-order valence-corrected chi connectivity index (χ0v) is 17.7. The number of amides is 2. The minimum absolute atomic E-state index is 0.0550. The second-order valence-corrected chi connectivity index (χ2v) is 9.09. The molecule has 9 heteroatoms. The maximum atomic E-state index is 12.7. The van der Waals surface area contributed by atoms with E-state index in [4.69, 9.17) is 4.74 Å². The molecule has 0 aromatic heterocycles. The first kappa shape index (κ1) is 21.8. The van der Waals surface area contributed by atoms with Crippen molar-refractivity contribution < 1.29 is 22.7 Å². The molecule has 0 radical (unpaired) electrons. The van der Waals surface area contributed by atoms with Gasteiger partial charge in [0.25, 0.3) is 11.8 Å². The van der Waals surface area contributed by atoms with Gasteiger partial charge in [0, 0.05) is 18.7 Å². The van der Waals surface area contributed by atoms with E-state index in [0.717, 1.165) is 18.4 Å². The Hall–Kier alpha value is -2.91. The highest BCUT2D eigenvalue weighted by Crippen LogP contribution is 2.21. The van der Waals surface area contributed by atoms with E-state index in [-0.39, 0.29) is 10.5 Å². The molecule has 1 fully saturated rings. The summed E-state index contributed by atoms with van der Waals surface area (Å²) in [5.74, 6) is -0.622. The lowest BCUT2D eigenvalue weighted by Crippen LogP contribution is -2.47. The van der Waals surface area contributed by atoms with E-state index in [1.807, 2.05) is 19.1 Å². The second kappa shape index (κ2) is 9.27. The predicted molar refractivity (Wildman–Crippen MR) is 111 cm³/mol. The van der Waals surface area contributed by atoms with E-state index < -0.39 is 27.9 Å². The van der Waals surface area contributed by atoms with Crippen LogP contribution < -0.4 is 15.6 Å². The van der Waals surface area contributed by atoms with Crippen molar-refractivity contribution >= 4 is 21.8 Å². The Bertz CT molecular complexity index is 1020. The van der Waals surface area contributed by atoms with Gasteiger partial charge < -0.3 is 4.74 Å². The molecule has 2 aromatic rings. The Morgan fingerprint density at radius 2 is 1.70 bits per heavy atom. The molecule has 0 saturated carbocycles. The van der Waals surface area contributed by atoms with Crippen LogP contribution in [0, 0.1) is 6.92 Å². The van der Waals surface area contributed by atoms with Crippen molar-refractivity contribution in [3.63, 3.8) is 0 Å². The van der Waals surface area contributed by atoms with E-state index in [2.05, 4.69) is 10.9 Å². The quantitative estimate of drug-likeness (QED) is 0.681. The molecule has 8 nitrogen and oxygen atoms in total. The second-order valence-electron chi connectivity index (χ2n) is 7.16. The van der Waals surface area contributed by atoms with Crippen molar-refractivity contribution in [2.24, 2.45) is 0 Å². The predicted octanol–water partition coefficient (Wildman–Crippen LogP) is 2.01. The Morgan fingerprint density at radius 3 is 2.37 bits per heavy atom. The number of sulfonamides is 1. The Morgan fingerprint density at radius 1 is 1.03 bits per heavy atom. The molecule has 1 unspecified atom stereocenters. The maximum absolute atomic E-state index is 12.7. The Balaban J connectivity index is 1.59. The van der Waals surface area contributed by atoms with E-state index >= 15 is 0 Å². The van der Waals surface area contributed by atoms with E-state index in [9.17, 15) is 18.0 Å². The third-order valence-corrected chi connectivity index (χ3v) is 6.70. The maximum Gasteiger partial charge on any atom is 0.279 e. The standard InChI is InChI=1S/C21H25N3O5S/c1-15-8-10-18(11-9-15)29-16(2)20(25)22-23-21(26)17-6-5-7-19(14-17)30(27,28)24-12-3-4-13-24/h5-11,14,16H,3-4,12-13H2,1-2H3,(H,22,25)(H,23,26). The molecular weight excluding hydrogens is 406 g/mol. The number of hydrazine groups is 1. The molecule has 0 bridgehead atoms.